The Bertz CT molecular complexity index is 1090. The Morgan fingerprint density at radius 1 is 1.28 bits per heavy atom. The molecule has 2 aromatic heterocycles. The van der Waals surface area contributed by atoms with E-state index in [0.29, 0.717) is 22.0 Å². The second-order valence-electron chi connectivity index (χ2n) is 6.47. The van der Waals surface area contributed by atoms with E-state index in [1.54, 1.807) is 0 Å². The van der Waals surface area contributed by atoms with E-state index in [4.69, 9.17) is 5.73 Å². The summed E-state index contributed by atoms with van der Waals surface area (Å²) in [5.41, 5.74) is 6.44. The monoisotopic (exact) mass is 406 g/mol. The Morgan fingerprint density at radius 3 is 2.66 bits per heavy atom. The SMILES string of the molecule is Cc1cc(C(F)(F)F)ccc1CN(C)C(=O)C(=O)Nc1cnc(N)c2cn[nH]c12. The number of nitrogens with two attached hydrogens (primary N) is 1. The van der Waals surface area contributed by atoms with Gasteiger partial charge in [-0.15, -0.1) is 0 Å². The Balaban J connectivity index is 1.72. The lowest BCUT2D eigenvalue weighted by Gasteiger charge is -2.19. The fourth-order valence-corrected chi connectivity index (χ4v) is 2.77. The molecule has 0 unspecified atom stereocenters. The maximum absolute atomic E-state index is 12.8. The number of pyridine rings is 1. The summed E-state index contributed by atoms with van der Waals surface area (Å²) in [5, 5.41) is 9.42. The van der Waals surface area contributed by atoms with Crippen molar-refractivity contribution in [3.8, 4) is 0 Å². The first kappa shape index (κ1) is 20.1. The zero-order valence-corrected chi connectivity index (χ0v) is 15.5. The Morgan fingerprint density at radius 2 is 2.00 bits per heavy atom. The quantitative estimate of drug-likeness (QED) is 0.578. The number of aromatic nitrogens is 3. The molecule has 2 amide bonds. The normalized spacial score (nSPS) is 11.5. The number of nitrogen functional groups attached to an aromatic ring is 1. The van der Waals surface area contributed by atoms with Gasteiger partial charge in [0.1, 0.15) is 5.82 Å². The Hall–Kier alpha value is -3.63. The molecular weight excluding hydrogens is 389 g/mol. The van der Waals surface area contributed by atoms with Crippen LogP contribution >= 0.6 is 0 Å². The van der Waals surface area contributed by atoms with Crippen molar-refractivity contribution in [1.82, 2.24) is 20.1 Å². The van der Waals surface area contributed by atoms with Crippen molar-refractivity contribution >= 4 is 34.2 Å². The van der Waals surface area contributed by atoms with Crippen molar-refractivity contribution in [2.24, 2.45) is 0 Å². The van der Waals surface area contributed by atoms with Crippen LogP contribution in [0.5, 0.6) is 0 Å². The fourth-order valence-electron chi connectivity index (χ4n) is 2.77. The maximum atomic E-state index is 12.8. The number of carbonyl (C=O) groups excluding carboxylic acids is 2. The lowest BCUT2D eigenvalue weighted by atomic mass is 10.0. The van der Waals surface area contributed by atoms with E-state index in [-0.39, 0.29) is 18.1 Å². The van der Waals surface area contributed by atoms with E-state index < -0.39 is 23.6 Å². The summed E-state index contributed by atoms with van der Waals surface area (Å²) in [6.07, 6.45) is -1.72. The number of amides is 2. The topological polar surface area (TPSA) is 117 Å². The van der Waals surface area contributed by atoms with Gasteiger partial charge in [0.2, 0.25) is 0 Å². The number of nitrogens with one attached hydrogen (secondary N) is 2. The predicted octanol–water partition coefficient (Wildman–Crippen LogP) is 2.46. The summed E-state index contributed by atoms with van der Waals surface area (Å²) in [5.74, 6) is -1.58. The number of benzene rings is 1. The summed E-state index contributed by atoms with van der Waals surface area (Å²) in [6.45, 7) is 1.48. The molecule has 1 aromatic carbocycles. The van der Waals surface area contributed by atoms with Crippen LogP contribution in [0.2, 0.25) is 0 Å². The average molecular weight is 406 g/mol. The Labute approximate surface area is 162 Å². The highest BCUT2D eigenvalue weighted by Gasteiger charge is 2.30. The highest BCUT2D eigenvalue weighted by atomic mass is 19.4. The van der Waals surface area contributed by atoms with Gasteiger partial charge in [-0.3, -0.25) is 14.7 Å². The van der Waals surface area contributed by atoms with Gasteiger partial charge in [0, 0.05) is 13.6 Å². The number of rotatable bonds is 3. The maximum Gasteiger partial charge on any atom is 0.416 e. The molecular formula is C18H17F3N6O2. The predicted molar refractivity (Wildman–Crippen MR) is 99.6 cm³/mol. The summed E-state index contributed by atoms with van der Waals surface area (Å²) >= 11 is 0. The number of halogens is 3. The number of carbonyl (C=O) groups is 2. The van der Waals surface area contributed by atoms with Crippen molar-refractivity contribution in [1.29, 1.82) is 0 Å². The van der Waals surface area contributed by atoms with E-state index in [2.05, 4.69) is 20.5 Å². The number of hydrogen-bond donors (Lipinski definition) is 3. The number of alkyl halides is 3. The van der Waals surface area contributed by atoms with Crippen LogP contribution in [0, 0.1) is 6.92 Å². The smallest absolute Gasteiger partial charge is 0.383 e. The van der Waals surface area contributed by atoms with Gasteiger partial charge in [0.25, 0.3) is 0 Å². The van der Waals surface area contributed by atoms with Gasteiger partial charge in [0.05, 0.1) is 34.5 Å². The van der Waals surface area contributed by atoms with E-state index in [9.17, 15) is 22.8 Å². The lowest BCUT2D eigenvalue weighted by Crippen LogP contribution is -2.36. The first-order valence-corrected chi connectivity index (χ1v) is 8.38. The minimum atomic E-state index is -4.45. The molecule has 11 heteroatoms. The summed E-state index contributed by atoms with van der Waals surface area (Å²) in [6, 6.07) is 3.23. The number of aromatic amines is 1. The Kier molecular flexibility index (Phi) is 5.14. The molecule has 0 aliphatic heterocycles. The molecule has 0 spiro atoms. The van der Waals surface area contributed by atoms with Crippen LogP contribution in [0.25, 0.3) is 10.9 Å². The zero-order valence-electron chi connectivity index (χ0n) is 15.5. The van der Waals surface area contributed by atoms with Crippen molar-refractivity contribution < 1.29 is 22.8 Å². The summed E-state index contributed by atoms with van der Waals surface area (Å²) in [7, 11) is 1.38. The van der Waals surface area contributed by atoms with Crippen LogP contribution in [0.15, 0.2) is 30.6 Å². The number of aryl methyl sites for hydroxylation is 1. The number of nitrogens with zero attached hydrogens (tertiary/aromatic N) is 3. The van der Waals surface area contributed by atoms with E-state index >= 15 is 0 Å². The van der Waals surface area contributed by atoms with Gasteiger partial charge in [-0.05, 0) is 30.2 Å². The van der Waals surface area contributed by atoms with Crippen molar-refractivity contribution in [2.45, 2.75) is 19.6 Å². The molecule has 0 saturated carbocycles. The summed E-state index contributed by atoms with van der Waals surface area (Å²) < 4.78 is 38.3. The van der Waals surface area contributed by atoms with Gasteiger partial charge in [-0.1, -0.05) is 6.07 Å². The average Bonchev–Trinajstić information content (AvgIpc) is 3.15. The minimum Gasteiger partial charge on any atom is -0.383 e. The number of hydrogen-bond acceptors (Lipinski definition) is 5. The van der Waals surface area contributed by atoms with Crippen LogP contribution in [0.1, 0.15) is 16.7 Å². The molecule has 3 rings (SSSR count). The third-order valence-corrected chi connectivity index (χ3v) is 4.38. The molecule has 0 aliphatic carbocycles. The number of H-pyrrole nitrogens is 1. The molecule has 0 radical (unpaired) electrons. The van der Waals surface area contributed by atoms with Crippen LogP contribution in [-0.2, 0) is 22.3 Å². The van der Waals surface area contributed by atoms with Crippen molar-refractivity contribution in [3.05, 3.63) is 47.3 Å². The standard InChI is InChI=1S/C18H17F3N6O2/c1-9-5-11(18(19,20)21)4-3-10(9)8-27(2)17(29)16(28)25-13-7-23-15(22)12-6-24-26-14(12)13/h3-7H,8H2,1-2H3,(H2,22,23)(H,24,26)(H,25,28). The molecule has 3 aromatic rings. The van der Waals surface area contributed by atoms with Crippen molar-refractivity contribution in [3.63, 3.8) is 0 Å². The molecule has 0 bridgehead atoms. The molecule has 2 heterocycles. The van der Waals surface area contributed by atoms with Gasteiger partial charge in [0.15, 0.2) is 0 Å². The zero-order chi connectivity index (χ0) is 21.3. The first-order valence-electron chi connectivity index (χ1n) is 8.38. The molecule has 0 atom stereocenters. The van der Waals surface area contributed by atoms with Crippen LogP contribution in [0.4, 0.5) is 24.7 Å². The fraction of sp³-hybridized carbons (Fsp3) is 0.222. The molecule has 4 N–H and O–H groups in total. The molecule has 0 aliphatic rings. The van der Waals surface area contributed by atoms with E-state index in [1.807, 2.05) is 0 Å². The van der Waals surface area contributed by atoms with Gasteiger partial charge in [-0.25, -0.2) is 4.98 Å². The van der Waals surface area contributed by atoms with Crippen LogP contribution in [-0.4, -0.2) is 38.9 Å². The molecule has 0 saturated heterocycles. The van der Waals surface area contributed by atoms with Crippen molar-refractivity contribution in [2.75, 3.05) is 18.1 Å². The van der Waals surface area contributed by atoms with E-state index in [1.165, 1.54) is 32.4 Å². The number of fused-ring (bicyclic) bond motifs is 1. The van der Waals surface area contributed by atoms with Gasteiger partial charge < -0.3 is 16.0 Å². The minimum absolute atomic E-state index is 0.0321. The largest absolute Gasteiger partial charge is 0.416 e. The molecule has 8 nitrogen and oxygen atoms in total. The number of likely N-dealkylation sites (N-methyl/N-ethyl adjacent to an activating group) is 1. The molecule has 0 fully saturated rings. The first-order chi connectivity index (χ1) is 13.6. The molecule has 152 valence electrons. The van der Waals surface area contributed by atoms with Crippen LogP contribution in [0.3, 0.4) is 0 Å². The van der Waals surface area contributed by atoms with Gasteiger partial charge >= 0.3 is 18.0 Å². The summed E-state index contributed by atoms with van der Waals surface area (Å²) in [4.78, 5) is 29.8. The number of anilines is 2. The third-order valence-electron chi connectivity index (χ3n) is 4.38. The third kappa shape index (κ3) is 4.13. The lowest BCUT2D eigenvalue weighted by molar-refractivity contribution is -0.142. The van der Waals surface area contributed by atoms with Crippen LogP contribution < -0.4 is 11.1 Å². The molecule has 29 heavy (non-hydrogen) atoms. The van der Waals surface area contributed by atoms with E-state index in [0.717, 1.165) is 17.0 Å². The van der Waals surface area contributed by atoms with Gasteiger partial charge in [-0.2, -0.15) is 18.3 Å². The second kappa shape index (κ2) is 7.41. The highest BCUT2D eigenvalue weighted by molar-refractivity contribution is 6.40. The highest BCUT2D eigenvalue weighted by Crippen LogP contribution is 2.30. The second-order valence-corrected chi connectivity index (χ2v) is 6.47.